The smallest absolute Gasteiger partial charge is 0.254 e. The number of rotatable bonds is 10. The summed E-state index contributed by atoms with van der Waals surface area (Å²) < 4.78 is 15.0. The summed E-state index contributed by atoms with van der Waals surface area (Å²) in [6.07, 6.45) is 8.69. The van der Waals surface area contributed by atoms with Crippen LogP contribution in [0.1, 0.15) is 96.3 Å². The number of carbonyl (C=O) groups excluding carboxylic acids is 3. The normalized spacial score (nSPS) is 22.4. The number of carbonyl (C=O) groups is 3. The largest absolute Gasteiger partial charge is 0.382 e. The number of amides is 2. The summed E-state index contributed by atoms with van der Waals surface area (Å²) >= 11 is 0. The number of anilines is 2. The highest BCUT2D eigenvalue weighted by Crippen LogP contribution is 2.39. The first-order valence-electron chi connectivity index (χ1n) is 13.8. The maximum absolute atomic E-state index is 15.0. The van der Waals surface area contributed by atoms with Gasteiger partial charge < -0.3 is 21.3 Å². The number of hydrogen-bond acceptors (Lipinski definition) is 6. The summed E-state index contributed by atoms with van der Waals surface area (Å²) in [5.74, 6) is -0.794. The third-order valence-corrected chi connectivity index (χ3v) is 8.28. The molecule has 2 amide bonds. The van der Waals surface area contributed by atoms with Crippen molar-refractivity contribution in [3.05, 3.63) is 53.0 Å². The highest BCUT2D eigenvalue weighted by molar-refractivity contribution is 6.02. The predicted molar refractivity (Wildman–Crippen MR) is 144 cm³/mol. The molecule has 0 spiro atoms. The number of nitrogens with two attached hydrogens (primary N) is 1. The lowest BCUT2D eigenvalue weighted by molar-refractivity contribution is 0.0920. The van der Waals surface area contributed by atoms with Gasteiger partial charge in [0.25, 0.3) is 11.8 Å². The summed E-state index contributed by atoms with van der Waals surface area (Å²) in [6, 6.07) is 6.67. The van der Waals surface area contributed by atoms with Crippen LogP contribution in [-0.4, -0.2) is 46.7 Å². The van der Waals surface area contributed by atoms with Crippen LogP contribution in [0.25, 0.3) is 0 Å². The Kier molecular flexibility index (Phi) is 7.36. The van der Waals surface area contributed by atoms with E-state index in [9.17, 15) is 18.8 Å². The van der Waals surface area contributed by atoms with E-state index in [0.717, 1.165) is 63.3 Å². The van der Waals surface area contributed by atoms with Crippen LogP contribution >= 0.6 is 0 Å². The van der Waals surface area contributed by atoms with Crippen molar-refractivity contribution in [2.45, 2.75) is 89.4 Å². The third-order valence-electron chi connectivity index (χ3n) is 8.28. The lowest BCUT2D eigenvalue weighted by atomic mass is 9.96. The van der Waals surface area contributed by atoms with Crippen molar-refractivity contribution in [2.24, 2.45) is 11.7 Å². The molecule has 2 bridgehead atoms. The molecule has 8 nitrogen and oxygen atoms in total. The Balaban J connectivity index is 1.27. The van der Waals surface area contributed by atoms with Gasteiger partial charge in [-0.15, -0.1) is 0 Å². The highest BCUT2D eigenvalue weighted by atomic mass is 19.1. The van der Waals surface area contributed by atoms with E-state index < -0.39 is 17.6 Å². The van der Waals surface area contributed by atoms with Gasteiger partial charge in [0.2, 0.25) is 0 Å². The van der Waals surface area contributed by atoms with Crippen LogP contribution in [0.5, 0.6) is 0 Å². The monoisotopic (exact) mass is 521 g/mol. The van der Waals surface area contributed by atoms with E-state index in [2.05, 4.69) is 20.5 Å². The molecule has 9 heteroatoms. The van der Waals surface area contributed by atoms with Gasteiger partial charge in [-0.05, 0) is 75.6 Å². The zero-order chi connectivity index (χ0) is 27.0. The van der Waals surface area contributed by atoms with Crippen molar-refractivity contribution in [3.8, 4) is 0 Å². The Labute approximate surface area is 222 Å². The molecule has 1 aliphatic carbocycles. The predicted octanol–water partition coefficient (Wildman–Crippen LogP) is 4.44. The van der Waals surface area contributed by atoms with Crippen LogP contribution in [0.15, 0.2) is 30.5 Å². The number of primary amides is 1. The lowest BCUT2D eigenvalue weighted by Crippen LogP contribution is -2.51. The highest BCUT2D eigenvalue weighted by Gasteiger charge is 2.42. The molecule has 4 N–H and O–H groups in total. The molecule has 2 saturated heterocycles. The molecule has 2 aromatic rings. The molecule has 3 heterocycles. The molecule has 2 atom stereocenters. The maximum atomic E-state index is 15.0. The summed E-state index contributed by atoms with van der Waals surface area (Å²) in [5.41, 5.74) is 6.47. The Bertz CT molecular complexity index is 1210. The Hall–Kier alpha value is -3.49. The molecular weight excluding hydrogens is 485 g/mol. The van der Waals surface area contributed by atoms with E-state index in [1.165, 1.54) is 6.07 Å². The number of aromatic nitrogens is 1. The quantitative estimate of drug-likeness (QED) is 0.398. The van der Waals surface area contributed by atoms with Crippen molar-refractivity contribution in [3.63, 3.8) is 0 Å². The molecule has 38 heavy (non-hydrogen) atoms. The van der Waals surface area contributed by atoms with Crippen LogP contribution in [0, 0.1) is 11.7 Å². The van der Waals surface area contributed by atoms with Gasteiger partial charge in [0.15, 0.2) is 5.78 Å². The second-order valence-corrected chi connectivity index (χ2v) is 10.9. The first-order valence-corrected chi connectivity index (χ1v) is 13.8. The van der Waals surface area contributed by atoms with Crippen molar-refractivity contribution in [1.82, 2.24) is 10.3 Å². The van der Waals surface area contributed by atoms with E-state index in [-0.39, 0.29) is 47.0 Å². The van der Waals surface area contributed by atoms with E-state index in [0.29, 0.717) is 11.3 Å². The van der Waals surface area contributed by atoms with Gasteiger partial charge in [-0.3, -0.25) is 14.4 Å². The molecule has 3 aliphatic rings. The molecular formula is C29H36FN5O3. The summed E-state index contributed by atoms with van der Waals surface area (Å²) in [6.45, 7) is 4.03. The van der Waals surface area contributed by atoms with E-state index >= 15 is 0 Å². The number of benzene rings is 1. The zero-order valence-electron chi connectivity index (χ0n) is 22.0. The summed E-state index contributed by atoms with van der Waals surface area (Å²) in [5, 5.41) is 6.28. The molecule has 3 fully saturated rings. The molecule has 5 rings (SSSR count). The Morgan fingerprint density at radius 3 is 2.29 bits per heavy atom. The third kappa shape index (κ3) is 5.24. The number of Topliss-reactive ketones (excluding diaryl/α,β-unsaturated/α-hetero) is 1. The number of hydrogen-bond donors (Lipinski definition) is 3. The SMILES string of the molecule is CCC(CC)Nc1cc(C(=O)NC2CC3CCC(C2)N3c2ccc(C(=O)C3CC3)cn2)c(F)cc1C(N)=O. The number of piperidine rings is 1. The van der Waals surface area contributed by atoms with Crippen LogP contribution in [-0.2, 0) is 0 Å². The topological polar surface area (TPSA) is 117 Å². The molecule has 1 saturated carbocycles. The molecule has 2 aliphatic heterocycles. The second kappa shape index (κ2) is 10.7. The zero-order valence-corrected chi connectivity index (χ0v) is 22.0. The van der Waals surface area contributed by atoms with Crippen molar-refractivity contribution >= 4 is 29.1 Å². The van der Waals surface area contributed by atoms with Gasteiger partial charge in [0, 0.05) is 47.5 Å². The number of pyridine rings is 1. The number of nitrogens with one attached hydrogen (secondary N) is 2. The summed E-state index contributed by atoms with van der Waals surface area (Å²) in [7, 11) is 0. The minimum Gasteiger partial charge on any atom is -0.382 e. The van der Waals surface area contributed by atoms with E-state index in [1.54, 1.807) is 6.20 Å². The fourth-order valence-electron chi connectivity index (χ4n) is 5.98. The molecule has 202 valence electrons. The van der Waals surface area contributed by atoms with E-state index in [1.807, 2.05) is 26.0 Å². The minimum absolute atomic E-state index is 0.0367. The van der Waals surface area contributed by atoms with Crippen LogP contribution in [0.4, 0.5) is 15.9 Å². The average Bonchev–Trinajstić information content (AvgIpc) is 3.72. The molecule has 1 aromatic carbocycles. The van der Waals surface area contributed by atoms with Crippen molar-refractivity contribution in [2.75, 3.05) is 10.2 Å². The van der Waals surface area contributed by atoms with Gasteiger partial charge in [-0.2, -0.15) is 0 Å². The molecule has 2 unspecified atom stereocenters. The van der Waals surface area contributed by atoms with Gasteiger partial charge in [0.05, 0.1) is 11.1 Å². The van der Waals surface area contributed by atoms with Gasteiger partial charge in [-0.25, -0.2) is 9.37 Å². The molecule has 0 radical (unpaired) electrons. The second-order valence-electron chi connectivity index (χ2n) is 10.9. The van der Waals surface area contributed by atoms with Gasteiger partial charge in [0.1, 0.15) is 11.6 Å². The number of fused-ring (bicyclic) bond motifs is 2. The maximum Gasteiger partial charge on any atom is 0.254 e. The first-order chi connectivity index (χ1) is 18.3. The average molecular weight is 522 g/mol. The van der Waals surface area contributed by atoms with Crippen molar-refractivity contribution < 1.29 is 18.8 Å². The molecule has 1 aromatic heterocycles. The number of halogens is 1. The number of ketones is 1. The lowest BCUT2D eigenvalue weighted by Gasteiger charge is -2.40. The first kappa shape index (κ1) is 26.1. The Morgan fingerprint density at radius 1 is 1.05 bits per heavy atom. The van der Waals surface area contributed by atoms with Crippen molar-refractivity contribution in [1.29, 1.82) is 0 Å². The van der Waals surface area contributed by atoms with Gasteiger partial charge in [-0.1, -0.05) is 13.8 Å². The minimum atomic E-state index is -0.767. The number of nitrogens with zero attached hydrogens (tertiary/aromatic N) is 2. The van der Waals surface area contributed by atoms with Crippen LogP contribution in [0.2, 0.25) is 0 Å². The fourth-order valence-corrected chi connectivity index (χ4v) is 5.98. The Morgan fingerprint density at radius 2 is 1.74 bits per heavy atom. The van der Waals surface area contributed by atoms with Crippen LogP contribution in [0.3, 0.4) is 0 Å². The fraction of sp³-hybridized carbons (Fsp3) is 0.517. The summed E-state index contributed by atoms with van der Waals surface area (Å²) in [4.78, 5) is 44.4. The van der Waals surface area contributed by atoms with Gasteiger partial charge >= 0.3 is 0 Å². The standard InChI is InChI=1S/C29H36FN5O3/c1-3-18(4-2)33-25-14-22(24(30)13-23(25)28(31)37)29(38)34-19-11-20-8-9-21(12-19)35(20)26-10-7-17(15-32-26)27(36)16-5-6-16/h7,10,13-16,18-21,33H,3-6,8-9,11-12H2,1-2H3,(H2,31,37)(H,34,38). The van der Waals surface area contributed by atoms with Crippen LogP contribution < -0.4 is 21.3 Å². The van der Waals surface area contributed by atoms with E-state index in [4.69, 9.17) is 5.73 Å².